The number of carbonyl (C=O) groups is 4. The summed E-state index contributed by atoms with van der Waals surface area (Å²) in [7, 11) is 0. The van der Waals surface area contributed by atoms with Gasteiger partial charge in [0.15, 0.2) is 0 Å². The molecule has 1 aromatic carbocycles. The first-order chi connectivity index (χ1) is 15.5. The molecule has 0 bridgehead atoms. The van der Waals surface area contributed by atoms with E-state index < -0.39 is 35.8 Å². The van der Waals surface area contributed by atoms with Crippen molar-refractivity contribution < 1.29 is 23.9 Å². The number of imide groups is 1. The lowest BCUT2D eigenvalue weighted by molar-refractivity contribution is -0.138. The maximum atomic E-state index is 13.2. The van der Waals surface area contributed by atoms with Gasteiger partial charge < -0.3 is 15.8 Å². The summed E-state index contributed by atoms with van der Waals surface area (Å²) >= 11 is 0. The van der Waals surface area contributed by atoms with Crippen LogP contribution in [0.25, 0.3) is 0 Å². The van der Waals surface area contributed by atoms with E-state index in [0.717, 1.165) is 11.3 Å². The smallest absolute Gasteiger partial charge is 0.332 e. The van der Waals surface area contributed by atoms with E-state index in [4.69, 9.17) is 10.5 Å². The second-order valence-corrected chi connectivity index (χ2v) is 8.67. The highest BCUT2D eigenvalue weighted by atomic mass is 16.5. The van der Waals surface area contributed by atoms with Crippen molar-refractivity contribution in [2.45, 2.75) is 66.5 Å². The Morgan fingerprint density at radius 3 is 2.18 bits per heavy atom. The molecule has 8 heteroatoms. The molecule has 3 amide bonds. The van der Waals surface area contributed by atoms with E-state index in [-0.39, 0.29) is 18.1 Å². The standard InChI is InChI=1S/C25H37N3O5/c1-7-33-21(29)15-20(14-13-16(2)3)27-23(30)18(6)28(25(32)22(26)17(4)5)24(31)19-11-9-8-10-12-19/h8-12,15-18,22H,7,13-14,26H2,1-6H3,(H,27,30). The van der Waals surface area contributed by atoms with Gasteiger partial charge in [0.1, 0.15) is 6.04 Å². The van der Waals surface area contributed by atoms with Crippen molar-refractivity contribution in [3.05, 3.63) is 47.7 Å². The second-order valence-electron chi connectivity index (χ2n) is 8.67. The Morgan fingerprint density at radius 2 is 1.67 bits per heavy atom. The lowest BCUT2D eigenvalue weighted by Crippen LogP contribution is -2.56. The van der Waals surface area contributed by atoms with Gasteiger partial charge in [0.2, 0.25) is 11.8 Å². The molecule has 33 heavy (non-hydrogen) atoms. The first kappa shape index (κ1) is 28.0. The number of nitrogens with zero attached hydrogens (tertiary/aromatic N) is 1. The van der Waals surface area contributed by atoms with Crippen LogP contribution in [0.4, 0.5) is 0 Å². The van der Waals surface area contributed by atoms with Crippen molar-refractivity contribution >= 4 is 23.7 Å². The highest BCUT2D eigenvalue weighted by molar-refractivity contribution is 6.09. The van der Waals surface area contributed by atoms with E-state index in [1.807, 2.05) is 13.8 Å². The number of hydrogen-bond donors (Lipinski definition) is 2. The van der Waals surface area contributed by atoms with Gasteiger partial charge in [-0.2, -0.15) is 0 Å². The third kappa shape index (κ3) is 8.81. The average molecular weight is 460 g/mol. The van der Waals surface area contributed by atoms with Gasteiger partial charge in [-0.1, -0.05) is 45.9 Å². The summed E-state index contributed by atoms with van der Waals surface area (Å²) in [6.45, 7) is 11.0. The minimum Gasteiger partial charge on any atom is -0.463 e. The fourth-order valence-corrected chi connectivity index (χ4v) is 2.95. The third-order valence-corrected chi connectivity index (χ3v) is 5.10. The van der Waals surface area contributed by atoms with E-state index in [1.165, 1.54) is 13.0 Å². The fourth-order valence-electron chi connectivity index (χ4n) is 2.95. The number of rotatable bonds is 11. The number of benzene rings is 1. The molecule has 0 radical (unpaired) electrons. The molecule has 0 fully saturated rings. The van der Waals surface area contributed by atoms with Crippen LogP contribution in [-0.4, -0.2) is 47.3 Å². The van der Waals surface area contributed by atoms with Crippen LogP contribution in [0.1, 0.15) is 64.7 Å². The van der Waals surface area contributed by atoms with Crippen LogP contribution < -0.4 is 11.1 Å². The molecule has 3 N–H and O–H groups in total. The average Bonchev–Trinajstić information content (AvgIpc) is 2.77. The summed E-state index contributed by atoms with van der Waals surface area (Å²) < 4.78 is 4.96. The molecule has 0 heterocycles. The second kappa shape index (κ2) is 13.5. The van der Waals surface area contributed by atoms with E-state index in [9.17, 15) is 19.2 Å². The number of nitrogens with one attached hydrogen (secondary N) is 1. The van der Waals surface area contributed by atoms with Gasteiger partial charge in [0.25, 0.3) is 5.91 Å². The fraction of sp³-hybridized carbons (Fsp3) is 0.520. The number of carbonyl (C=O) groups excluding carboxylic acids is 4. The van der Waals surface area contributed by atoms with Crippen LogP contribution >= 0.6 is 0 Å². The first-order valence-corrected chi connectivity index (χ1v) is 11.4. The highest BCUT2D eigenvalue weighted by Gasteiger charge is 2.36. The molecule has 0 aromatic heterocycles. The molecule has 0 aliphatic carbocycles. The van der Waals surface area contributed by atoms with Crippen molar-refractivity contribution in [1.82, 2.24) is 10.2 Å². The van der Waals surface area contributed by atoms with Crippen molar-refractivity contribution in [2.75, 3.05) is 6.61 Å². The first-order valence-electron chi connectivity index (χ1n) is 11.4. The number of nitrogens with two attached hydrogens (primary N) is 1. The molecule has 2 atom stereocenters. The number of hydrogen-bond acceptors (Lipinski definition) is 6. The summed E-state index contributed by atoms with van der Waals surface area (Å²) in [6.07, 6.45) is 2.40. The minimum atomic E-state index is -1.15. The summed E-state index contributed by atoms with van der Waals surface area (Å²) in [5.41, 5.74) is 6.68. The lowest BCUT2D eigenvalue weighted by atomic mass is 10.0. The van der Waals surface area contributed by atoms with Crippen LogP contribution in [0.2, 0.25) is 0 Å². The van der Waals surface area contributed by atoms with Crippen LogP contribution in [0.5, 0.6) is 0 Å². The normalized spacial score (nSPS) is 13.4. The molecule has 0 saturated carbocycles. The van der Waals surface area contributed by atoms with E-state index in [0.29, 0.717) is 18.0 Å². The Balaban J connectivity index is 3.23. The Morgan fingerprint density at radius 1 is 1.06 bits per heavy atom. The molecule has 1 rings (SSSR count). The number of amides is 3. The predicted octanol–water partition coefficient (Wildman–Crippen LogP) is 3.03. The topological polar surface area (TPSA) is 119 Å². The third-order valence-electron chi connectivity index (χ3n) is 5.10. The maximum Gasteiger partial charge on any atom is 0.332 e. The molecule has 0 aliphatic rings. The van der Waals surface area contributed by atoms with E-state index >= 15 is 0 Å². The van der Waals surface area contributed by atoms with Gasteiger partial charge in [0.05, 0.1) is 12.6 Å². The van der Waals surface area contributed by atoms with E-state index in [1.54, 1.807) is 51.1 Å². The summed E-state index contributed by atoms with van der Waals surface area (Å²) in [4.78, 5) is 52.3. The monoisotopic (exact) mass is 459 g/mol. The van der Waals surface area contributed by atoms with Gasteiger partial charge in [-0.15, -0.1) is 0 Å². The van der Waals surface area contributed by atoms with E-state index in [2.05, 4.69) is 5.32 Å². The Hall–Kier alpha value is -3.00. The molecule has 0 saturated heterocycles. The molecular formula is C25H37N3O5. The predicted molar refractivity (Wildman–Crippen MR) is 127 cm³/mol. The molecule has 1 aromatic rings. The minimum absolute atomic E-state index is 0.206. The van der Waals surface area contributed by atoms with Crippen LogP contribution in [-0.2, 0) is 19.1 Å². The molecule has 182 valence electrons. The number of ether oxygens (including phenoxy) is 1. The van der Waals surface area contributed by atoms with Crippen molar-refractivity contribution in [3.63, 3.8) is 0 Å². The Labute approximate surface area is 196 Å². The quantitative estimate of drug-likeness (QED) is 0.388. The van der Waals surface area contributed by atoms with Crippen LogP contribution in [0.15, 0.2) is 42.1 Å². The molecule has 2 unspecified atom stereocenters. The van der Waals surface area contributed by atoms with Crippen LogP contribution in [0, 0.1) is 11.8 Å². The number of allylic oxidation sites excluding steroid dienone is 1. The van der Waals surface area contributed by atoms with Gasteiger partial charge >= 0.3 is 5.97 Å². The van der Waals surface area contributed by atoms with Crippen LogP contribution in [0.3, 0.4) is 0 Å². The van der Waals surface area contributed by atoms with Gasteiger partial charge in [-0.25, -0.2) is 4.79 Å². The zero-order valence-electron chi connectivity index (χ0n) is 20.5. The maximum absolute atomic E-state index is 13.2. The van der Waals surface area contributed by atoms with Crippen molar-refractivity contribution in [3.8, 4) is 0 Å². The Kier molecular flexibility index (Phi) is 11.5. The molecule has 0 aliphatic heterocycles. The molecular weight excluding hydrogens is 422 g/mol. The molecule has 0 spiro atoms. The Bertz CT molecular complexity index is 849. The zero-order valence-corrected chi connectivity index (χ0v) is 20.5. The van der Waals surface area contributed by atoms with Gasteiger partial charge in [-0.05, 0) is 50.7 Å². The van der Waals surface area contributed by atoms with Gasteiger partial charge in [-0.3, -0.25) is 19.3 Å². The highest BCUT2D eigenvalue weighted by Crippen LogP contribution is 2.15. The largest absolute Gasteiger partial charge is 0.463 e. The SMILES string of the molecule is CCOC(=O)C=C(CCC(C)C)NC(=O)C(C)N(C(=O)c1ccccc1)C(=O)C(N)C(C)C. The zero-order chi connectivity index (χ0) is 25.1. The lowest BCUT2D eigenvalue weighted by Gasteiger charge is -2.30. The summed E-state index contributed by atoms with van der Waals surface area (Å²) in [6, 6.07) is 6.14. The van der Waals surface area contributed by atoms with Crippen molar-refractivity contribution in [1.29, 1.82) is 0 Å². The summed E-state index contributed by atoms with van der Waals surface area (Å²) in [5, 5.41) is 2.71. The van der Waals surface area contributed by atoms with Gasteiger partial charge in [0, 0.05) is 17.3 Å². The van der Waals surface area contributed by atoms with Crippen molar-refractivity contribution in [2.24, 2.45) is 17.6 Å². The molecule has 8 nitrogen and oxygen atoms in total. The number of esters is 1. The summed E-state index contributed by atoms with van der Waals surface area (Å²) in [5.74, 6) is -2.31.